The fraction of sp³-hybridized carbons (Fsp3) is 0.355. The first kappa shape index (κ1) is 27.6. The molecule has 9 heteroatoms. The number of fused-ring (bicyclic) bond motifs is 1. The highest BCUT2D eigenvalue weighted by Crippen LogP contribution is 2.40. The van der Waals surface area contributed by atoms with E-state index in [1.54, 1.807) is 13.0 Å². The number of para-hydroxylation sites is 1. The number of carboxylic acids is 1. The van der Waals surface area contributed by atoms with E-state index < -0.39 is 23.7 Å². The van der Waals surface area contributed by atoms with Gasteiger partial charge in [-0.3, -0.25) is 9.69 Å². The van der Waals surface area contributed by atoms with Crippen molar-refractivity contribution in [2.24, 2.45) is 5.92 Å². The second kappa shape index (κ2) is 11.2. The summed E-state index contributed by atoms with van der Waals surface area (Å²) in [5.41, 5.74) is 2.39. The van der Waals surface area contributed by atoms with E-state index in [0.29, 0.717) is 17.4 Å². The van der Waals surface area contributed by atoms with Gasteiger partial charge in [0, 0.05) is 6.42 Å². The molecule has 1 atom stereocenters. The Labute approximate surface area is 230 Å². The van der Waals surface area contributed by atoms with E-state index in [-0.39, 0.29) is 30.7 Å². The second-order valence-electron chi connectivity index (χ2n) is 10.6. The lowest BCUT2D eigenvalue weighted by Gasteiger charge is -2.34. The molecule has 3 aromatic carbocycles. The molecule has 1 aliphatic carbocycles. The third-order valence-corrected chi connectivity index (χ3v) is 7.76. The Morgan fingerprint density at radius 1 is 0.975 bits per heavy atom. The smallest absolute Gasteiger partial charge is 0.418 e. The van der Waals surface area contributed by atoms with Crippen molar-refractivity contribution in [2.45, 2.75) is 57.2 Å². The van der Waals surface area contributed by atoms with Gasteiger partial charge in [0.2, 0.25) is 0 Å². The van der Waals surface area contributed by atoms with Crippen LogP contribution in [-0.2, 0) is 11.0 Å². The van der Waals surface area contributed by atoms with E-state index in [2.05, 4.69) is 17.4 Å². The minimum atomic E-state index is -4.59. The van der Waals surface area contributed by atoms with Gasteiger partial charge in [-0.15, -0.1) is 0 Å². The highest BCUT2D eigenvalue weighted by atomic mass is 19.4. The molecular weight excluding hydrogens is 521 g/mol. The summed E-state index contributed by atoms with van der Waals surface area (Å²) in [4.78, 5) is 25.5. The number of aliphatic carboxylic acids is 1. The van der Waals surface area contributed by atoms with Crippen molar-refractivity contribution in [1.82, 2.24) is 0 Å². The minimum Gasteiger partial charge on any atom is -0.487 e. The molecule has 1 unspecified atom stereocenters. The van der Waals surface area contributed by atoms with Crippen LogP contribution in [0.5, 0.6) is 5.75 Å². The van der Waals surface area contributed by atoms with Crippen molar-refractivity contribution in [3.05, 3.63) is 77.9 Å². The van der Waals surface area contributed by atoms with Crippen molar-refractivity contribution >= 4 is 23.4 Å². The van der Waals surface area contributed by atoms with Gasteiger partial charge in [-0.25, -0.2) is 4.79 Å². The van der Waals surface area contributed by atoms with Crippen molar-refractivity contribution in [3.63, 3.8) is 0 Å². The lowest BCUT2D eigenvalue weighted by molar-refractivity contribution is -0.138. The zero-order valence-corrected chi connectivity index (χ0v) is 22.1. The lowest BCUT2D eigenvalue weighted by atomic mass is 9.77. The first-order valence-corrected chi connectivity index (χ1v) is 13.5. The van der Waals surface area contributed by atoms with Crippen LogP contribution in [0.4, 0.5) is 29.3 Å². The Morgan fingerprint density at radius 2 is 1.65 bits per heavy atom. The molecule has 0 saturated heterocycles. The van der Waals surface area contributed by atoms with E-state index in [0.717, 1.165) is 42.9 Å². The van der Waals surface area contributed by atoms with Gasteiger partial charge in [-0.05, 0) is 85.4 Å². The second-order valence-corrected chi connectivity index (χ2v) is 10.6. The third-order valence-electron chi connectivity index (χ3n) is 7.76. The number of carbonyl (C=O) groups is 2. The van der Waals surface area contributed by atoms with Crippen LogP contribution in [-0.4, -0.2) is 29.8 Å². The number of halogens is 3. The molecule has 5 rings (SSSR count). The monoisotopic (exact) mass is 552 g/mol. The molecule has 1 heterocycles. The Morgan fingerprint density at radius 3 is 2.33 bits per heavy atom. The summed E-state index contributed by atoms with van der Waals surface area (Å²) in [5, 5.41) is 11.5. The van der Waals surface area contributed by atoms with Gasteiger partial charge in [0.25, 0.3) is 0 Å². The minimum absolute atomic E-state index is 0.190. The number of hydrogen-bond acceptors (Lipinski definition) is 3. The molecule has 3 aromatic rings. The van der Waals surface area contributed by atoms with E-state index in [1.807, 2.05) is 24.3 Å². The standard InChI is InChI=1S/C31H31F3N2O4/c1-19-18-36(30(39)35-26-5-3-2-4-25(26)31(32,33)34)27-15-14-24(17-28(27)40-19)23-12-10-22(11-13-23)21-8-6-20(7-9-21)16-29(37)38/h2-5,10-15,17,19-21H,6-9,16,18H2,1H3,(H,35,39)(H,37,38)/t19?,20-,21-. The Hall–Kier alpha value is -4.01. The molecule has 1 fully saturated rings. The molecule has 0 spiro atoms. The maximum absolute atomic E-state index is 13.4. The van der Waals surface area contributed by atoms with E-state index in [4.69, 9.17) is 9.84 Å². The molecule has 0 aromatic heterocycles. The lowest BCUT2D eigenvalue weighted by Crippen LogP contribution is -2.44. The summed E-state index contributed by atoms with van der Waals surface area (Å²) < 4.78 is 46.3. The fourth-order valence-electron chi connectivity index (χ4n) is 5.73. The third kappa shape index (κ3) is 6.08. The van der Waals surface area contributed by atoms with Crippen LogP contribution in [0, 0.1) is 5.92 Å². The molecule has 210 valence electrons. The maximum Gasteiger partial charge on any atom is 0.418 e. The van der Waals surface area contributed by atoms with Gasteiger partial charge in [0.1, 0.15) is 11.9 Å². The molecule has 2 amide bonds. The van der Waals surface area contributed by atoms with Crippen LogP contribution in [0.25, 0.3) is 11.1 Å². The molecule has 1 saturated carbocycles. The summed E-state index contributed by atoms with van der Waals surface area (Å²) in [5.74, 6) is 0.427. The Balaban J connectivity index is 1.31. The van der Waals surface area contributed by atoms with Crippen LogP contribution in [0.15, 0.2) is 66.7 Å². The summed E-state index contributed by atoms with van der Waals surface area (Å²) in [7, 11) is 0. The number of benzene rings is 3. The van der Waals surface area contributed by atoms with Gasteiger partial charge in [-0.2, -0.15) is 13.2 Å². The molecule has 0 bridgehead atoms. The number of hydrogen-bond donors (Lipinski definition) is 2. The predicted octanol–water partition coefficient (Wildman–Crippen LogP) is 7.94. The van der Waals surface area contributed by atoms with Gasteiger partial charge in [0.05, 0.1) is 23.5 Å². The van der Waals surface area contributed by atoms with Crippen molar-refractivity contribution in [2.75, 3.05) is 16.8 Å². The number of carbonyl (C=O) groups excluding carboxylic acids is 1. The number of amides is 2. The Kier molecular flexibility index (Phi) is 7.74. The van der Waals surface area contributed by atoms with Crippen LogP contribution >= 0.6 is 0 Å². The average molecular weight is 553 g/mol. The van der Waals surface area contributed by atoms with Gasteiger partial charge < -0.3 is 15.2 Å². The zero-order chi connectivity index (χ0) is 28.4. The summed E-state index contributed by atoms with van der Waals surface area (Å²) >= 11 is 0. The van der Waals surface area contributed by atoms with Gasteiger partial charge in [-0.1, -0.05) is 42.5 Å². The Bertz CT molecular complexity index is 1380. The first-order chi connectivity index (χ1) is 19.1. The molecule has 2 N–H and O–H groups in total. The normalized spacial score (nSPS) is 20.8. The number of nitrogens with one attached hydrogen (secondary N) is 1. The summed E-state index contributed by atoms with van der Waals surface area (Å²) in [6, 6.07) is 18.0. The average Bonchev–Trinajstić information content (AvgIpc) is 2.92. The molecule has 0 radical (unpaired) electrons. The van der Waals surface area contributed by atoms with E-state index in [9.17, 15) is 22.8 Å². The van der Waals surface area contributed by atoms with E-state index in [1.165, 1.54) is 28.7 Å². The van der Waals surface area contributed by atoms with Gasteiger partial charge >= 0.3 is 18.2 Å². The number of alkyl halides is 3. The molecule has 2 aliphatic rings. The zero-order valence-electron chi connectivity index (χ0n) is 22.1. The largest absolute Gasteiger partial charge is 0.487 e. The topological polar surface area (TPSA) is 78.9 Å². The number of urea groups is 1. The molecule has 40 heavy (non-hydrogen) atoms. The first-order valence-electron chi connectivity index (χ1n) is 13.5. The highest BCUT2D eigenvalue weighted by Gasteiger charge is 2.35. The van der Waals surface area contributed by atoms with Crippen LogP contribution in [0.2, 0.25) is 0 Å². The van der Waals surface area contributed by atoms with Crippen molar-refractivity contribution < 1.29 is 32.6 Å². The number of rotatable bonds is 5. The number of carboxylic acid groups (broad SMARTS) is 1. The molecular formula is C31H31F3N2O4. The van der Waals surface area contributed by atoms with Crippen molar-refractivity contribution in [3.8, 4) is 16.9 Å². The quantitative estimate of drug-likeness (QED) is 0.337. The number of nitrogens with zero attached hydrogens (tertiary/aromatic N) is 1. The van der Waals surface area contributed by atoms with Crippen LogP contribution in [0.3, 0.4) is 0 Å². The summed E-state index contributed by atoms with van der Waals surface area (Å²) in [6.07, 6.45) is -0.907. The summed E-state index contributed by atoms with van der Waals surface area (Å²) in [6.45, 7) is 2.00. The highest BCUT2D eigenvalue weighted by molar-refractivity contribution is 6.03. The number of ether oxygens (including phenoxy) is 1. The van der Waals surface area contributed by atoms with E-state index >= 15 is 0 Å². The molecule has 6 nitrogen and oxygen atoms in total. The fourth-order valence-corrected chi connectivity index (χ4v) is 5.73. The van der Waals surface area contributed by atoms with Crippen molar-refractivity contribution in [1.29, 1.82) is 0 Å². The van der Waals surface area contributed by atoms with Crippen LogP contribution in [0.1, 0.15) is 56.1 Å². The predicted molar refractivity (Wildman–Crippen MR) is 147 cm³/mol. The van der Waals surface area contributed by atoms with Gasteiger partial charge in [0.15, 0.2) is 0 Å². The SMILES string of the molecule is CC1CN(C(=O)Nc2ccccc2C(F)(F)F)c2ccc(-c3ccc([C@H]4CC[C@H](CC(=O)O)CC4)cc3)cc2O1. The molecule has 1 aliphatic heterocycles. The maximum atomic E-state index is 13.4. The number of anilines is 2. The van der Waals surface area contributed by atoms with Crippen LogP contribution < -0.4 is 15.0 Å².